The smallest absolute Gasteiger partial charge is 0.159 e. The van der Waals surface area contributed by atoms with Gasteiger partial charge in [0.2, 0.25) is 0 Å². The molecular weight excluding hydrogens is 180 g/mol. The molecule has 2 N–H and O–H groups in total. The molecule has 0 aromatic carbocycles. The number of nitrogens with two attached hydrogens (primary N) is 1. The highest BCUT2D eigenvalue weighted by Crippen LogP contribution is 2.16. The van der Waals surface area contributed by atoms with E-state index < -0.39 is 0 Å². The second kappa shape index (κ2) is 4.03. The monoisotopic (exact) mass is 192 g/mol. The molecule has 0 aliphatic rings. The third kappa shape index (κ3) is 1.80. The molecule has 0 spiro atoms. The molecule has 1 rings (SSSR count). The van der Waals surface area contributed by atoms with Gasteiger partial charge in [-0.1, -0.05) is 0 Å². The third-order valence-electron chi connectivity index (χ3n) is 1.96. The van der Waals surface area contributed by atoms with Crippen molar-refractivity contribution in [2.45, 2.75) is 20.0 Å². The normalized spacial score (nSPS) is 12.1. The highest BCUT2D eigenvalue weighted by atomic mass is 16.5. The number of hydrogen-bond acceptors (Lipinski definition) is 5. The molecule has 5 heteroatoms. The predicted octanol–water partition coefficient (Wildman–Crippen LogP) is 0.946. The highest BCUT2D eigenvalue weighted by molar-refractivity contribution is 5.50. The standard InChI is InChI=1S/C9H12N4O/c1-5-7(4-10)8(11)13-9(12-5)6(2)14-3/h6H,1-3H3,(H2,11,12,13). The fourth-order valence-electron chi connectivity index (χ4n) is 1.04. The number of nitrogen functional groups attached to an aromatic ring is 1. The SMILES string of the molecule is COC(C)c1nc(C)c(C#N)c(N)n1. The molecule has 0 fully saturated rings. The highest BCUT2D eigenvalue weighted by Gasteiger charge is 2.12. The van der Waals surface area contributed by atoms with Gasteiger partial charge in [0, 0.05) is 7.11 Å². The number of methoxy groups -OCH3 is 1. The van der Waals surface area contributed by atoms with Crippen LogP contribution in [0.2, 0.25) is 0 Å². The summed E-state index contributed by atoms with van der Waals surface area (Å²) in [6.07, 6.45) is -0.219. The zero-order chi connectivity index (χ0) is 10.7. The second-order valence-electron chi connectivity index (χ2n) is 2.92. The van der Waals surface area contributed by atoms with E-state index in [1.165, 1.54) is 0 Å². The van der Waals surface area contributed by atoms with E-state index in [1.807, 2.05) is 13.0 Å². The summed E-state index contributed by atoms with van der Waals surface area (Å²) < 4.78 is 5.06. The van der Waals surface area contributed by atoms with Crippen LogP contribution in [-0.2, 0) is 4.74 Å². The Hall–Kier alpha value is -1.67. The summed E-state index contributed by atoms with van der Waals surface area (Å²) in [5, 5.41) is 8.74. The average Bonchev–Trinajstić information content (AvgIpc) is 2.16. The molecule has 1 heterocycles. The van der Waals surface area contributed by atoms with E-state index >= 15 is 0 Å². The van der Waals surface area contributed by atoms with Crippen molar-refractivity contribution in [3.05, 3.63) is 17.1 Å². The van der Waals surface area contributed by atoms with Crippen LogP contribution in [0.3, 0.4) is 0 Å². The van der Waals surface area contributed by atoms with Crippen LogP contribution >= 0.6 is 0 Å². The molecule has 1 aromatic rings. The Labute approximate surface area is 82.5 Å². The fourth-order valence-corrected chi connectivity index (χ4v) is 1.04. The zero-order valence-corrected chi connectivity index (χ0v) is 8.40. The lowest BCUT2D eigenvalue weighted by Gasteiger charge is -2.10. The number of ether oxygens (including phenoxy) is 1. The fraction of sp³-hybridized carbons (Fsp3) is 0.444. The molecule has 0 bridgehead atoms. The molecule has 0 saturated heterocycles. The lowest BCUT2D eigenvalue weighted by Crippen LogP contribution is -2.09. The first-order valence-electron chi connectivity index (χ1n) is 4.17. The minimum Gasteiger partial charge on any atom is -0.382 e. The van der Waals surface area contributed by atoms with Gasteiger partial charge in [-0.15, -0.1) is 0 Å². The number of aromatic nitrogens is 2. The van der Waals surface area contributed by atoms with Gasteiger partial charge in [0.25, 0.3) is 0 Å². The van der Waals surface area contributed by atoms with Gasteiger partial charge in [-0.2, -0.15) is 5.26 Å². The summed E-state index contributed by atoms with van der Waals surface area (Å²) in [6.45, 7) is 3.54. The van der Waals surface area contributed by atoms with Crippen LogP contribution < -0.4 is 5.73 Å². The van der Waals surface area contributed by atoms with Gasteiger partial charge in [0.05, 0.1) is 5.69 Å². The summed E-state index contributed by atoms with van der Waals surface area (Å²) in [4.78, 5) is 8.13. The Balaban J connectivity index is 3.22. The van der Waals surface area contributed by atoms with Crippen LogP contribution in [-0.4, -0.2) is 17.1 Å². The van der Waals surface area contributed by atoms with Gasteiger partial charge >= 0.3 is 0 Å². The van der Waals surface area contributed by atoms with Gasteiger partial charge in [0.1, 0.15) is 23.6 Å². The first-order chi connectivity index (χ1) is 6.60. The molecular formula is C9H12N4O. The summed E-state index contributed by atoms with van der Waals surface area (Å²) in [5.74, 6) is 0.709. The Kier molecular flexibility index (Phi) is 2.99. The van der Waals surface area contributed by atoms with Crippen molar-refractivity contribution in [2.24, 2.45) is 0 Å². The number of nitrogens with zero attached hydrogens (tertiary/aromatic N) is 3. The van der Waals surface area contributed by atoms with E-state index in [0.29, 0.717) is 17.1 Å². The maximum Gasteiger partial charge on any atom is 0.159 e. The van der Waals surface area contributed by atoms with Gasteiger partial charge < -0.3 is 10.5 Å². The minimum absolute atomic E-state index is 0.207. The molecule has 1 unspecified atom stereocenters. The predicted molar refractivity (Wildman–Crippen MR) is 51.3 cm³/mol. The zero-order valence-electron chi connectivity index (χ0n) is 8.40. The number of anilines is 1. The van der Waals surface area contributed by atoms with Crippen molar-refractivity contribution in [3.8, 4) is 6.07 Å². The second-order valence-corrected chi connectivity index (χ2v) is 2.92. The first-order valence-corrected chi connectivity index (χ1v) is 4.17. The summed E-state index contributed by atoms with van der Waals surface area (Å²) in [7, 11) is 1.57. The van der Waals surface area contributed by atoms with Gasteiger partial charge in [-0.05, 0) is 13.8 Å². The Morgan fingerprint density at radius 3 is 2.57 bits per heavy atom. The quantitative estimate of drug-likeness (QED) is 0.753. The van der Waals surface area contributed by atoms with Gasteiger partial charge in [0.15, 0.2) is 5.82 Å². The molecule has 0 aliphatic carbocycles. The summed E-state index contributed by atoms with van der Waals surface area (Å²) in [5.41, 5.74) is 6.51. The Bertz CT molecular complexity index is 360. The van der Waals surface area contributed by atoms with Crippen molar-refractivity contribution < 1.29 is 4.74 Å². The minimum atomic E-state index is -0.219. The van der Waals surface area contributed by atoms with Gasteiger partial charge in [-0.3, -0.25) is 0 Å². The van der Waals surface area contributed by atoms with Crippen LogP contribution in [0, 0.1) is 18.3 Å². The average molecular weight is 192 g/mol. The number of rotatable bonds is 2. The first kappa shape index (κ1) is 10.4. The van der Waals surface area contributed by atoms with Crippen LogP contribution in [0.1, 0.15) is 30.1 Å². The van der Waals surface area contributed by atoms with Crippen molar-refractivity contribution in [1.29, 1.82) is 5.26 Å². The van der Waals surface area contributed by atoms with Crippen LogP contribution in [0.5, 0.6) is 0 Å². The van der Waals surface area contributed by atoms with Crippen molar-refractivity contribution in [1.82, 2.24) is 9.97 Å². The Morgan fingerprint density at radius 2 is 2.14 bits per heavy atom. The van der Waals surface area contributed by atoms with Gasteiger partial charge in [-0.25, -0.2) is 9.97 Å². The van der Waals surface area contributed by atoms with E-state index in [4.69, 9.17) is 15.7 Å². The van der Waals surface area contributed by atoms with Crippen LogP contribution in [0.4, 0.5) is 5.82 Å². The van der Waals surface area contributed by atoms with E-state index in [1.54, 1.807) is 14.0 Å². The van der Waals surface area contributed by atoms with E-state index in [0.717, 1.165) is 0 Å². The van der Waals surface area contributed by atoms with Crippen molar-refractivity contribution in [3.63, 3.8) is 0 Å². The lowest BCUT2D eigenvalue weighted by molar-refractivity contribution is 0.112. The van der Waals surface area contributed by atoms with Crippen LogP contribution in [0.25, 0.3) is 0 Å². The van der Waals surface area contributed by atoms with Crippen molar-refractivity contribution >= 4 is 5.82 Å². The van der Waals surface area contributed by atoms with E-state index in [2.05, 4.69) is 9.97 Å². The van der Waals surface area contributed by atoms with E-state index in [9.17, 15) is 0 Å². The summed E-state index contributed by atoms with van der Waals surface area (Å²) >= 11 is 0. The van der Waals surface area contributed by atoms with Crippen LogP contribution in [0.15, 0.2) is 0 Å². The number of hydrogen-bond donors (Lipinski definition) is 1. The maximum absolute atomic E-state index is 8.74. The maximum atomic E-state index is 8.74. The molecule has 0 saturated carbocycles. The van der Waals surface area contributed by atoms with E-state index in [-0.39, 0.29) is 11.9 Å². The van der Waals surface area contributed by atoms with Crippen molar-refractivity contribution in [2.75, 3.05) is 12.8 Å². The lowest BCUT2D eigenvalue weighted by atomic mass is 10.2. The molecule has 74 valence electrons. The topological polar surface area (TPSA) is 84.8 Å². The molecule has 0 aliphatic heterocycles. The molecule has 14 heavy (non-hydrogen) atoms. The number of nitriles is 1. The Morgan fingerprint density at radius 1 is 1.50 bits per heavy atom. The summed E-state index contributed by atoms with van der Waals surface area (Å²) in [6, 6.07) is 1.96. The molecule has 5 nitrogen and oxygen atoms in total. The molecule has 1 atom stereocenters. The third-order valence-corrected chi connectivity index (χ3v) is 1.96. The largest absolute Gasteiger partial charge is 0.382 e. The number of aryl methyl sites for hydroxylation is 1. The molecule has 1 aromatic heterocycles. The molecule has 0 amide bonds. The molecule has 0 radical (unpaired) electrons.